The fourth-order valence-electron chi connectivity index (χ4n) is 3.46. The SMILES string of the molecule is Cc1ccc(OC2CN(C(=O)CC[C@H](C)N3CCN(C)CC3)C2)cc1. The second-order valence-electron chi connectivity index (χ2n) is 7.58. The minimum atomic E-state index is 0.140. The predicted octanol–water partition coefficient (Wildman–Crippen LogP) is 2.00. The fourth-order valence-corrected chi connectivity index (χ4v) is 3.46. The number of nitrogens with zero attached hydrogens (tertiary/aromatic N) is 3. The molecule has 0 saturated carbocycles. The van der Waals surface area contributed by atoms with Crippen LogP contribution in [0, 0.1) is 6.92 Å². The number of benzene rings is 1. The number of hydrogen-bond donors (Lipinski definition) is 0. The summed E-state index contributed by atoms with van der Waals surface area (Å²) in [6.07, 6.45) is 1.73. The van der Waals surface area contributed by atoms with E-state index >= 15 is 0 Å². The molecule has 3 rings (SSSR count). The van der Waals surface area contributed by atoms with Crippen LogP contribution >= 0.6 is 0 Å². The number of likely N-dealkylation sites (N-methyl/N-ethyl adjacent to an activating group) is 1. The van der Waals surface area contributed by atoms with E-state index < -0.39 is 0 Å². The molecule has 2 heterocycles. The van der Waals surface area contributed by atoms with Crippen molar-refractivity contribution in [2.75, 3.05) is 46.3 Å². The smallest absolute Gasteiger partial charge is 0.222 e. The Morgan fingerprint density at radius 3 is 2.44 bits per heavy atom. The van der Waals surface area contributed by atoms with Gasteiger partial charge in [-0.15, -0.1) is 0 Å². The molecule has 1 atom stereocenters. The van der Waals surface area contributed by atoms with E-state index in [0.29, 0.717) is 12.5 Å². The van der Waals surface area contributed by atoms with Crippen LogP contribution in [0.15, 0.2) is 24.3 Å². The van der Waals surface area contributed by atoms with Gasteiger partial charge in [0.05, 0.1) is 13.1 Å². The van der Waals surface area contributed by atoms with Crippen molar-refractivity contribution >= 4 is 5.91 Å². The highest BCUT2D eigenvalue weighted by Crippen LogP contribution is 2.20. The molecule has 0 bridgehead atoms. The number of likely N-dealkylation sites (tertiary alicyclic amines) is 1. The van der Waals surface area contributed by atoms with Gasteiger partial charge in [0.1, 0.15) is 11.9 Å². The van der Waals surface area contributed by atoms with Gasteiger partial charge in [0.25, 0.3) is 0 Å². The monoisotopic (exact) mass is 345 g/mol. The van der Waals surface area contributed by atoms with Crippen LogP contribution in [0.4, 0.5) is 0 Å². The highest BCUT2D eigenvalue weighted by Gasteiger charge is 2.32. The van der Waals surface area contributed by atoms with Gasteiger partial charge < -0.3 is 14.5 Å². The molecule has 1 amide bonds. The lowest BCUT2D eigenvalue weighted by molar-refractivity contribution is -0.140. The molecule has 2 fully saturated rings. The van der Waals surface area contributed by atoms with Gasteiger partial charge in [-0.25, -0.2) is 0 Å². The average molecular weight is 345 g/mol. The molecule has 0 aromatic heterocycles. The predicted molar refractivity (Wildman–Crippen MR) is 99.9 cm³/mol. The number of amides is 1. The molecule has 1 aromatic carbocycles. The lowest BCUT2D eigenvalue weighted by Gasteiger charge is -2.40. The third kappa shape index (κ3) is 4.95. The molecule has 2 aliphatic rings. The zero-order chi connectivity index (χ0) is 17.8. The maximum Gasteiger partial charge on any atom is 0.222 e. The van der Waals surface area contributed by atoms with Crippen molar-refractivity contribution in [1.29, 1.82) is 0 Å². The number of rotatable bonds is 6. The molecular weight excluding hydrogens is 314 g/mol. The molecule has 0 radical (unpaired) electrons. The third-order valence-electron chi connectivity index (χ3n) is 5.46. The average Bonchev–Trinajstić information content (AvgIpc) is 2.57. The summed E-state index contributed by atoms with van der Waals surface area (Å²) in [7, 11) is 2.17. The Kier molecular flexibility index (Phi) is 5.97. The van der Waals surface area contributed by atoms with Crippen LogP contribution in [-0.2, 0) is 4.79 Å². The Balaban J connectivity index is 1.34. The summed E-state index contributed by atoms with van der Waals surface area (Å²) in [6.45, 7) is 10.2. The quantitative estimate of drug-likeness (QED) is 0.790. The van der Waals surface area contributed by atoms with Crippen molar-refractivity contribution in [1.82, 2.24) is 14.7 Å². The first kappa shape index (κ1) is 18.2. The second-order valence-corrected chi connectivity index (χ2v) is 7.58. The lowest BCUT2D eigenvalue weighted by atomic mass is 10.1. The van der Waals surface area contributed by atoms with Gasteiger partial charge in [0.15, 0.2) is 0 Å². The Morgan fingerprint density at radius 2 is 1.80 bits per heavy atom. The molecular formula is C20H31N3O2. The Morgan fingerprint density at radius 1 is 1.16 bits per heavy atom. The highest BCUT2D eigenvalue weighted by molar-refractivity contribution is 5.77. The van der Waals surface area contributed by atoms with E-state index in [-0.39, 0.29) is 12.0 Å². The van der Waals surface area contributed by atoms with Crippen LogP contribution < -0.4 is 4.74 Å². The molecule has 5 heteroatoms. The van der Waals surface area contributed by atoms with E-state index in [9.17, 15) is 4.79 Å². The molecule has 5 nitrogen and oxygen atoms in total. The van der Waals surface area contributed by atoms with Crippen LogP contribution in [-0.4, -0.2) is 79.1 Å². The third-order valence-corrected chi connectivity index (χ3v) is 5.46. The summed E-state index contributed by atoms with van der Waals surface area (Å²) in [5.41, 5.74) is 1.23. The topological polar surface area (TPSA) is 36.0 Å². The lowest BCUT2D eigenvalue weighted by Crippen LogP contribution is -2.56. The van der Waals surface area contributed by atoms with Crippen molar-refractivity contribution in [3.8, 4) is 5.75 Å². The van der Waals surface area contributed by atoms with Crippen LogP contribution in [0.2, 0.25) is 0 Å². The number of carbonyl (C=O) groups is 1. The zero-order valence-corrected chi connectivity index (χ0v) is 15.8. The number of piperazine rings is 1. The molecule has 1 aromatic rings. The molecule has 0 aliphatic carbocycles. The van der Waals surface area contributed by atoms with Crippen LogP contribution in [0.3, 0.4) is 0 Å². The zero-order valence-electron chi connectivity index (χ0n) is 15.8. The number of ether oxygens (including phenoxy) is 1. The largest absolute Gasteiger partial charge is 0.487 e. The van der Waals surface area contributed by atoms with Crippen LogP contribution in [0.5, 0.6) is 5.75 Å². The first-order valence-corrected chi connectivity index (χ1v) is 9.45. The van der Waals surface area contributed by atoms with E-state index in [4.69, 9.17) is 4.74 Å². The van der Waals surface area contributed by atoms with E-state index in [1.54, 1.807) is 0 Å². The number of aryl methyl sites for hydroxylation is 1. The number of hydrogen-bond acceptors (Lipinski definition) is 4. The van der Waals surface area contributed by atoms with Gasteiger partial charge in [0.2, 0.25) is 5.91 Å². The van der Waals surface area contributed by atoms with E-state index in [0.717, 1.165) is 51.4 Å². The summed E-state index contributed by atoms with van der Waals surface area (Å²) < 4.78 is 5.91. The first-order chi connectivity index (χ1) is 12.0. The summed E-state index contributed by atoms with van der Waals surface area (Å²) in [5.74, 6) is 1.16. The fraction of sp³-hybridized carbons (Fsp3) is 0.650. The van der Waals surface area contributed by atoms with Crippen molar-refractivity contribution in [3.05, 3.63) is 29.8 Å². The van der Waals surface area contributed by atoms with Crippen LogP contribution in [0.1, 0.15) is 25.3 Å². The van der Waals surface area contributed by atoms with Gasteiger partial charge >= 0.3 is 0 Å². The minimum absolute atomic E-state index is 0.140. The Hall–Kier alpha value is -1.59. The van der Waals surface area contributed by atoms with E-state index in [2.05, 4.69) is 42.8 Å². The van der Waals surface area contributed by atoms with Crippen molar-refractivity contribution < 1.29 is 9.53 Å². The van der Waals surface area contributed by atoms with Gasteiger partial charge in [-0.1, -0.05) is 17.7 Å². The molecule has 0 unspecified atom stereocenters. The summed E-state index contributed by atoms with van der Waals surface area (Å²) in [6, 6.07) is 8.58. The maximum absolute atomic E-state index is 12.4. The summed E-state index contributed by atoms with van der Waals surface area (Å²) >= 11 is 0. The van der Waals surface area contributed by atoms with E-state index in [1.807, 2.05) is 17.0 Å². The molecule has 2 saturated heterocycles. The molecule has 0 spiro atoms. The molecule has 138 valence electrons. The standard InChI is InChI=1S/C20H31N3O2/c1-16-4-7-18(8-5-16)25-19-14-23(15-19)20(24)9-6-17(2)22-12-10-21(3)11-13-22/h4-5,7-8,17,19H,6,9-15H2,1-3H3/t17-/m0/s1. The second kappa shape index (κ2) is 8.19. The first-order valence-electron chi connectivity index (χ1n) is 9.45. The van der Waals surface area contributed by atoms with Gasteiger partial charge in [0, 0.05) is 38.6 Å². The summed E-state index contributed by atoms with van der Waals surface area (Å²) in [5, 5.41) is 0. The summed E-state index contributed by atoms with van der Waals surface area (Å²) in [4.78, 5) is 19.1. The molecule has 2 aliphatic heterocycles. The molecule has 0 N–H and O–H groups in total. The van der Waals surface area contributed by atoms with Crippen molar-refractivity contribution in [2.24, 2.45) is 0 Å². The normalized spacial score (nSPS) is 21.0. The Labute approximate surface area is 151 Å². The molecule has 25 heavy (non-hydrogen) atoms. The van der Waals surface area contributed by atoms with Crippen molar-refractivity contribution in [2.45, 2.75) is 38.8 Å². The van der Waals surface area contributed by atoms with Crippen molar-refractivity contribution in [3.63, 3.8) is 0 Å². The Bertz CT molecular complexity index is 561. The van der Waals surface area contributed by atoms with E-state index in [1.165, 1.54) is 5.56 Å². The highest BCUT2D eigenvalue weighted by atomic mass is 16.5. The maximum atomic E-state index is 12.4. The van der Waals surface area contributed by atoms with Gasteiger partial charge in [-0.2, -0.15) is 0 Å². The van der Waals surface area contributed by atoms with Crippen LogP contribution in [0.25, 0.3) is 0 Å². The van der Waals surface area contributed by atoms with Gasteiger partial charge in [-0.05, 0) is 39.4 Å². The van der Waals surface area contributed by atoms with Gasteiger partial charge in [-0.3, -0.25) is 9.69 Å². The minimum Gasteiger partial charge on any atom is -0.487 e. The number of carbonyl (C=O) groups excluding carboxylic acids is 1.